The molecular formula is C69H69N7O20. The van der Waals surface area contributed by atoms with E-state index in [1.165, 1.54) is 87.0 Å². The van der Waals surface area contributed by atoms with Gasteiger partial charge in [0.25, 0.3) is 11.2 Å². The van der Waals surface area contributed by atoms with Crippen LogP contribution >= 0.6 is 0 Å². The topological polar surface area (TPSA) is 308 Å². The van der Waals surface area contributed by atoms with Gasteiger partial charge in [0.2, 0.25) is 5.95 Å². The van der Waals surface area contributed by atoms with Crippen LogP contribution < -0.4 is 15.0 Å². The summed E-state index contributed by atoms with van der Waals surface area (Å²) in [6.07, 6.45) is -12.4. The number of aryl methyl sites for hydroxylation is 1. The molecule has 0 radical (unpaired) electrons. The quantitative estimate of drug-likeness (QED) is 0.0114. The zero-order chi connectivity index (χ0) is 67.7. The summed E-state index contributed by atoms with van der Waals surface area (Å²) >= 11 is 0. The number of nitro groups is 1. The Hall–Kier alpha value is -10.4. The van der Waals surface area contributed by atoms with Crippen molar-refractivity contribution in [1.29, 1.82) is 0 Å². The SMILES string of the molecule is COC(=O)[C@H]1O[C@H](OC[C@H]2O[C@@H](OCc3cnc4nc(/N=C/N(C)C)n(CCc5ccc([N+](=O)[O-])cc5)c(=O)c4n3)[C@H](OC(=O)c3ccccc3)[C@@H](OC(=O)c3ccccc3)[C@H]2OC(=O)c2ccccc2)[C@H](OCc2ccc(OC)cc2)[C@@H](OCc2ccc(OC)cc2)[C@@H]1OC. The van der Waals surface area contributed by atoms with Crippen LogP contribution in [0.2, 0.25) is 0 Å². The van der Waals surface area contributed by atoms with E-state index < -0.39 is 109 Å². The normalized spacial score (nSPS) is 20.8. The zero-order valence-corrected chi connectivity index (χ0v) is 53.1. The number of carbonyl (C=O) groups excluding carboxylic acids is 4. The minimum Gasteiger partial charge on any atom is -0.497 e. The van der Waals surface area contributed by atoms with E-state index >= 15 is 0 Å². The Morgan fingerprint density at radius 1 is 0.594 bits per heavy atom. The first kappa shape index (κ1) is 68.5. The Morgan fingerprint density at radius 3 is 1.64 bits per heavy atom. The lowest BCUT2D eigenvalue weighted by atomic mass is 9.96. The number of benzene rings is 6. The lowest BCUT2D eigenvalue weighted by Gasteiger charge is -2.46. The minimum absolute atomic E-state index is 0.00310. The Bertz CT molecular complexity index is 4020. The Kier molecular flexibility index (Phi) is 23.3. The number of rotatable bonds is 28. The molecule has 2 saturated heterocycles. The van der Waals surface area contributed by atoms with Crippen LogP contribution in [-0.2, 0) is 89.7 Å². The number of non-ortho nitro benzene ring substituents is 1. The van der Waals surface area contributed by atoms with Gasteiger partial charge in [-0.05, 0) is 83.8 Å². The van der Waals surface area contributed by atoms with Crippen LogP contribution in [0.5, 0.6) is 11.5 Å². The number of methoxy groups -OCH3 is 4. The highest BCUT2D eigenvalue weighted by atomic mass is 16.8. The number of aliphatic imine (C=N–C) groups is 1. The van der Waals surface area contributed by atoms with Crippen molar-refractivity contribution >= 4 is 53.0 Å². The summed E-state index contributed by atoms with van der Waals surface area (Å²) in [6, 6.07) is 43.8. The molecule has 2 fully saturated rings. The molecule has 96 heavy (non-hydrogen) atoms. The van der Waals surface area contributed by atoms with Crippen LogP contribution in [0, 0.1) is 10.1 Å². The highest BCUT2D eigenvalue weighted by Gasteiger charge is 2.56. The average molecular weight is 1320 g/mol. The first-order valence-electron chi connectivity index (χ1n) is 30.2. The lowest BCUT2D eigenvalue weighted by molar-refractivity contribution is -0.384. The van der Waals surface area contributed by atoms with Crippen molar-refractivity contribution in [3.05, 3.63) is 230 Å². The van der Waals surface area contributed by atoms with Crippen molar-refractivity contribution in [2.24, 2.45) is 4.99 Å². The maximum absolute atomic E-state index is 14.6. The van der Waals surface area contributed by atoms with Crippen LogP contribution in [0.25, 0.3) is 11.2 Å². The highest BCUT2D eigenvalue weighted by molar-refractivity contribution is 5.91. The molecule has 2 aromatic heterocycles. The Balaban J connectivity index is 1.05. The number of fused-ring (bicyclic) bond motifs is 1. The fourth-order valence-corrected chi connectivity index (χ4v) is 10.5. The molecular weight excluding hydrogens is 1250 g/mol. The molecule has 10 atom stereocenters. The minimum atomic E-state index is -1.81. The van der Waals surface area contributed by atoms with Crippen LogP contribution in [0.15, 0.2) is 180 Å². The molecule has 0 unspecified atom stereocenters. The predicted molar refractivity (Wildman–Crippen MR) is 341 cm³/mol. The molecule has 0 bridgehead atoms. The summed E-state index contributed by atoms with van der Waals surface area (Å²) in [4.78, 5) is 103. The van der Waals surface area contributed by atoms with E-state index in [1.54, 1.807) is 141 Å². The van der Waals surface area contributed by atoms with Gasteiger partial charge in [-0.25, -0.2) is 34.1 Å². The lowest BCUT2D eigenvalue weighted by Crippen LogP contribution is -2.65. The van der Waals surface area contributed by atoms with E-state index in [4.69, 9.17) is 61.6 Å². The second-order valence-corrected chi connectivity index (χ2v) is 22.1. The summed E-state index contributed by atoms with van der Waals surface area (Å²) in [7, 11) is 9.10. The Labute approximate surface area is 550 Å². The molecule has 0 aliphatic carbocycles. The third kappa shape index (κ3) is 17.1. The molecule has 8 aromatic rings. The molecule has 2 aliphatic heterocycles. The van der Waals surface area contributed by atoms with Gasteiger partial charge in [0, 0.05) is 39.9 Å². The maximum Gasteiger partial charge on any atom is 0.338 e. The van der Waals surface area contributed by atoms with E-state index in [-0.39, 0.29) is 71.4 Å². The summed E-state index contributed by atoms with van der Waals surface area (Å²) in [5.74, 6) is -2.47. The summed E-state index contributed by atoms with van der Waals surface area (Å²) in [5.41, 5.74) is 1.28. The van der Waals surface area contributed by atoms with Crippen molar-refractivity contribution in [3.8, 4) is 11.5 Å². The van der Waals surface area contributed by atoms with Gasteiger partial charge >= 0.3 is 23.9 Å². The standard InChI is InChI=1S/C69H69N7O20/c1-74(2)41-71-69-73-61-53(62(77)75(69)35-34-42-22-28-49(29-23-42)76(82)83)72-48(36-70-61)39-90-68-60(95-65(80)47-20-14-9-15-21-47)57(94-64(79)46-18-12-8-13-19-46)54(93-63(78)45-16-10-7-11-17-45)52(92-68)40-91-67-59(89-38-44-26-32-51(85-4)33-27-44)56(55(86-5)58(96-67)66(81)87-6)88-37-43-24-30-50(84-3)31-25-43/h7-33,36,41,52,54-60,67-68H,34-35,37-40H2,1-6H3/b71-41+/t52-,54+,55+,56+,57+,58+,59-,60-,67+,68-/m1/s1. The van der Waals surface area contributed by atoms with Gasteiger partial charge in [0.05, 0.1) is 87.6 Å². The van der Waals surface area contributed by atoms with Gasteiger partial charge < -0.3 is 66.5 Å². The van der Waals surface area contributed by atoms with E-state index in [0.717, 1.165) is 0 Å². The molecule has 0 N–H and O–H groups in total. The second kappa shape index (κ2) is 32.6. The van der Waals surface area contributed by atoms with Crippen molar-refractivity contribution in [2.45, 2.75) is 94.2 Å². The molecule has 6 aromatic carbocycles. The molecule has 0 spiro atoms. The first-order chi connectivity index (χ1) is 46.6. The van der Waals surface area contributed by atoms with Gasteiger partial charge in [0.15, 0.2) is 48.2 Å². The molecule has 10 rings (SSSR count). The number of nitro benzene ring substituents is 1. The molecule has 27 nitrogen and oxygen atoms in total. The van der Waals surface area contributed by atoms with Gasteiger partial charge in [-0.2, -0.15) is 4.98 Å². The van der Waals surface area contributed by atoms with E-state index in [1.807, 2.05) is 0 Å². The monoisotopic (exact) mass is 1320 g/mol. The number of ether oxygens (including phenoxy) is 13. The maximum atomic E-state index is 14.6. The fourth-order valence-electron chi connectivity index (χ4n) is 10.5. The molecule has 4 heterocycles. The number of nitrogens with zero attached hydrogens (tertiary/aromatic N) is 7. The van der Waals surface area contributed by atoms with Crippen LogP contribution in [0.4, 0.5) is 11.6 Å². The second-order valence-electron chi connectivity index (χ2n) is 22.1. The molecule has 2 aliphatic rings. The molecule has 500 valence electrons. The van der Waals surface area contributed by atoms with E-state index in [2.05, 4.69) is 19.9 Å². The predicted octanol–water partition coefficient (Wildman–Crippen LogP) is 7.59. The van der Waals surface area contributed by atoms with Crippen LogP contribution in [0.3, 0.4) is 0 Å². The Morgan fingerprint density at radius 2 is 1.11 bits per heavy atom. The summed E-state index contributed by atoms with van der Waals surface area (Å²) < 4.78 is 82.5. The van der Waals surface area contributed by atoms with Crippen LogP contribution in [-0.4, -0.2) is 170 Å². The highest BCUT2D eigenvalue weighted by Crippen LogP contribution is 2.36. The van der Waals surface area contributed by atoms with Crippen molar-refractivity contribution in [3.63, 3.8) is 0 Å². The number of hydrogen-bond acceptors (Lipinski definition) is 24. The largest absolute Gasteiger partial charge is 0.497 e. The first-order valence-corrected chi connectivity index (χ1v) is 30.2. The van der Waals surface area contributed by atoms with E-state index in [0.29, 0.717) is 28.2 Å². The van der Waals surface area contributed by atoms with Crippen LogP contribution in [0.1, 0.15) is 53.5 Å². The number of hydrogen-bond donors (Lipinski definition) is 0. The van der Waals surface area contributed by atoms with Crippen molar-refractivity contribution in [2.75, 3.05) is 49.1 Å². The average Bonchev–Trinajstić information content (AvgIpc) is 0.795. The zero-order valence-electron chi connectivity index (χ0n) is 53.1. The van der Waals surface area contributed by atoms with Crippen molar-refractivity contribution < 1.29 is 85.7 Å². The van der Waals surface area contributed by atoms with E-state index in [9.17, 15) is 34.1 Å². The third-order valence-electron chi connectivity index (χ3n) is 15.4. The van der Waals surface area contributed by atoms with Gasteiger partial charge in [-0.3, -0.25) is 19.5 Å². The van der Waals surface area contributed by atoms with Gasteiger partial charge in [-0.15, -0.1) is 0 Å². The van der Waals surface area contributed by atoms with Gasteiger partial charge in [-0.1, -0.05) is 91.0 Å². The smallest absolute Gasteiger partial charge is 0.338 e. The molecule has 27 heteroatoms. The number of aromatic nitrogens is 4. The third-order valence-corrected chi connectivity index (χ3v) is 15.4. The van der Waals surface area contributed by atoms with Gasteiger partial charge in [0.1, 0.15) is 35.9 Å². The number of carbonyl (C=O) groups is 4. The number of esters is 4. The molecule has 0 saturated carbocycles. The fraction of sp³-hybridized carbons (Fsp3) is 0.319. The summed E-state index contributed by atoms with van der Waals surface area (Å²) in [5, 5.41) is 11.4. The summed E-state index contributed by atoms with van der Waals surface area (Å²) in [6.45, 7) is -1.30. The molecule has 0 amide bonds. The van der Waals surface area contributed by atoms with Crippen molar-refractivity contribution in [1.82, 2.24) is 24.4 Å².